The standard InChI is InChI=1S/C22H21F3O2/c1-2-3-10-20(17-12-14-18(15-13-17)27-22(23,24)25)26-21-11-6-8-16-7-4-5-9-19(16)21/h4-9,11-15,20H,2-3,10H2,1H3. The van der Waals surface area contributed by atoms with Crippen LogP contribution in [-0.4, -0.2) is 6.36 Å². The van der Waals surface area contributed by atoms with Crippen molar-refractivity contribution < 1.29 is 22.6 Å². The fourth-order valence-electron chi connectivity index (χ4n) is 3.02. The van der Waals surface area contributed by atoms with E-state index in [0.29, 0.717) is 0 Å². The van der Waals surface area contributed by atoms with Gasteiger partial charge < -0.3 is 9.47 Å². The predicted molar refractivity (Wildman–Crippen MR) is 100.0 cm³/mol. The normalized spacial score (nSPS) is 12.7. The first-order chi connectivity index (χ1) is 13.0. The van der Waals surface area contributed by atoms with E-state index in [9.17, 15) is 13.2 Å². The highest BCUT2D eigenvalue weighted by Crippen LogP contribution is 2.33. The molecule has 0 amide bonds. The van der Waals surface area contributed by atoms with Crippen molar-refractivity contribution in [3.63, 3.8) is 0 Å². The lowest BCUT2D eigenvalue weighted by atomic mass is 10.0. The topological polar surface area (TPSA) is 18.5 Å². The Labute approximate surface area is 156 Å². The van der Waals surface area contributed by atoms with Crippen molar-refractivity contribution in [1.82, 2.24) is 0 Å². The van der Waals surface area contributed by atoms with E-state index in [1.165, 1.54) is 12.1 Å². The molecule has 3 rings (SSSR count). The highest BCUT2D eigenvalue weighted by atomic mass is 19.4. The Bertz CT molecular complexity index is 867. The lowest BCUT2D eigenvalue weighted by Crippen LogP contribution is -2.17. The number of hydrogen-bond donors (Lipinski definition) is 0. The first-order valence-corrected chi connectivity index (χ1v) is 8.96. The summed E-state index contributed by atoms with van der Waals surface area (Å²) < 4.78 is 47.3. The van der Waals surface area contributed by atoms with Gasteiger partial charge in [0.1, 0.15) is 17.6 Å². The summed E-state index contributed by atoms with van der Waals surface area (Å²) in [5, 5.41) is 2.09. The van der Waals surface area contributed by atoms with Gasteiger partial charge in [0.2, 0.25) is 0 Å². The molecule has 0 aliphatic carbocycles. The number of rotatable bonds is 7. The molecule has 2 nitrogen and oxygen atoms in total. The lowest BCUT2D eigenvalue weighted by molar-refractivity contribution is -0.274. The van der Waals surface area contributed by atoms with Crippen LogP contribution in [0.4, 0.5) is 13.2 Å². The molecule has 27 heavy (non-hydrogen) atoms. The third-order valence-corrected chi connectivity index (χ3v) is 4.32. The maximum absolute atomic E-state index is 12.4. The van der Waals surface area contributed by atoms with Crippen molar-refractivity contribution in [1.29, 1.82) is 0 Å². The summed E-state index contributed by atoms with van der Waals surface area (Å²) in [6.07, 6.45) is -2.20. The zero-order chi connectivity index (χ0) is 19.3. The van der Waals surface area contributed by atoms with Crippen LogP contribution in [0.3, 0.4) is 0 Å². The SMILES string of the molecule is CCCCC(Oc1cccc2ccccc12)c1ccc(OC(F)(F)F)cc1. The number of ether oxygens (including phenoxy) is 2. The van der Waals surface area contributed by atoms with Gasteiger partial charge in [0.05, 0.1) is 0 Å². The van der Waals surface area contributed by atoms with Gasteiger partial charge in [0.15, 0.2) is 0 Å². The summed E-state index contributed by atoms with van der Waals surface area (Å²) in [5.41, 5.74) is 0.825. The van der Waals surface area contributed by atoms with E-state index in [4.69, 9.17) is 4.74 Å². The van der Waals surface area contributed by atoms with Crippen molar-refractivity contribution in [3.8, 4) is 11.5 Å². The largest absolute Gasteiger partial charge is 0.573 e. The van der Waals surface area contributed by atoms with Crippen molar-refractivity contribution in [2.45, 2.75) is 38.7 Å². The number of benzene rings is 3. The van der Waals surface area contributed by atoms with E-state index >= 15 is 0 Å². The number of fused-ring (bicyclic) bond motifs is 1. The predicted octanol–water partition coefficient (Wildman–Crippen LogP) is 7.05. The van der Waals surface area contributed by atoms with Gasteiger partial charge in [-0.1, -0.05) is 61.9 Å². The number of halogens is 3. The van der Waals surface area contributed by atoms with Crippen molar-refractivity contribution in [3.05, 3.63) is 72.3 Å². The second kappa shape index (κ2) is 8.33. The highest BCUT2D eigenvalue weighted by Gasteiger charge is 2.31. The van der Waals surface area contributed by atoms with E-state index in [2.05, 4.69) is 11.7 Å². The number of hydrogen-bond acceptors (Lipinski definition) is 2. The van der Waals surface area contributed by atoms with Crippen LogP contribution in [0.15, 0.2) is 66.7 Å². The minimum Gasteiger partial charge on any atom is -0.485 e. The van der Waals surface area contributed by atoms with Crippen LogP contribution in [-0.2, 0) is 0 Å². The maximum atomic E-state index is 12.4. The molecule has 0 N–H and O–H groups in total. The summed E-state index contributed by atoms with van der Waals surface area (Å²) >= 11 is 0. The first kappa shape index (κ1) is 19.1. The Morgan fingerprint density at radius 2 is 1.59 bits per heavy atom. The van der Waals surface area contributed by atoms with Crippen LogP contribution in [0.5, 0.6) is 11.5 Å². The summed E-state index contributed by atoms with van der Waals surface area (Å²) in [6, 6.07) is 19.7. The molecule has 1 unspecified atom stereocenters. The van der Waals surface area contributed by atoms with Crippen molar-refractivity contribution >= 4 is 10.8 Å². The fourth-order valence-corrected chi connectivity index (χ4v) is 3.02. The second-order valence-corrected chi connectivity index (χ2v) is 6.34. The molecule has 3 aromatic rings. The third kappa shape index (κ3) is 5.16. The van der Waals surface area contributed by atoms with Gasteiger partial charge in [0.25, 0.3) is 0 Å². The fraction of sp³-hybridized carbons (Fsp3) is 0.273. The van der Waals surface area contributed by atoms with E-state index in [1.54, 1.807) is 12.1 Å². The van der Waals surface area contributed by atoms with Crippen molar-refractivity contribution in [2.75, 3.05) is 0 Å². The Morgan fingerprint density at radius 3 is 2.30 bits per heavy atom. The highest BCUT2D eigenvalue weighted by molar-refractivity contribution is 5.88. The van der Waals surface area contributed by atoms with Crippen LogP contribution in [0, 0.1) is 0 Å². The molecule has 0 radical (unpaired) electrons. The summed E-state index contributed by atoms with van der Waals surface area (Å²) in [6.45, 7) is 2.09. The minimum absolute atomic E-state index is 0.231. The molecule has 3 aromatic carbocycles. The maximum Gasteiger partial charge on any atom is 0.573 e. The van der Waals surface area contributed by atoms with Gasteiger partial charge in [0, 0.05) is 5.39 Å². The van der Waals surface area contributed by atoms with E-state index in [1.807, 2.05) is 42.5 Å². The summed E-state index contributed by atoms with van der Waals surface area (Å²) in [4.78, 5) is 0. The molecule has 0 aliphatic rings. The average Bonchev–Trinajstić information content (AvgIpc) is 2.65. The second-order valence-electron chi connectivity index (χ2n) is 6.34. The van der Waals surface area contributed by atoms with Crippen LogP contribution in [0.25, 0.3) is 10.8 Å². The van der Waals surface area contributed by atoms with Gasteiger partial charge in [-0.2, -0.15) is 0 Å². The number of alkyl halides is 3. The van der Waals surface area contributed by atoms with E-state index in [0.717, 1.165) is 41.3 Å². The lowest BCUT2D eigenvalue weighted by Gasteiger charge is -2.21. The monoisotopic (exact) mass is 374 g/mol. The van der Waals surface area contributed by atoms with Gasteiger partial charge in [-0.3, -0.25) is 0 Å². The number of unbranched alkanes of at least 4 members (excludes halogenated alkanes) is 1. The molecule has 0 bridgehead atoms. The molecule has 0 fully saturated rings. The molecule has 5 heteroatoms. The van der Waals surface area contributed by atoms with Crippen LogP contribution >= 0.6 is 0 Å². The van der Waals surface area contributed by atoms with Crippen molar-refractivity contribution in [2.24, 2.45) is 0 Å². The minimum atomic E-state index is -4.69. The molecule has 0 aromatic heterocycles. The zero-order valence-corrected chi connectivity index (χ0v) is 15.0. The average molecular weight is 374 g/mol. The Balaban J connectivity index is 1.85. The van der Waals surface area contributed by atoms with Crippen LogP contribution < -0.4 is 9.47 Å². The molecule has 0 saturated heterocycles. The zero-order valence-electron chi connectivity index (χ0n) is 15.0. The van der Waals surface area contributed by atoms with Crippen LogP contribution in [0.2, 0.25) is 0 Å². The summed E-state index contributed by atoms with van der Waals surface area (Å²) in [5.74, 6) is 0.537. The molecule has 1 atom stereocenters. The summed E-state index contributed by atoms with van der Waals surface area (Å²) in [7, 11) is 0. The molecular weight excluding hydrogens is 353 g/mol. The molecule has 0 spiro atoms. The molecule has 142 valence electrons. The Kier molecular flexibility index (Phi) is 5.89. The molecule has 0 saturated carbocycles. The van der Waals surface area contributed by atoms with Gasteiger partial charge in [-0.15, -0.1) is 13.2 Å². The van der Waals surface area contributed by atoms with Gasteiger partial charge in [-0.05, 0) is 42.0 Å². The molecular formula is C22H21F3O2. The Morgan fingerprint density at radius 1 is 0.889 bits per heavy atom. The van der Waals surface area contributed by atoms with E-state index in [-0.39, 0.29) is 11.9 Å². The smallest absolute Gasteiger partial charge is 0.485 e. The third-order valence-electron chi connectivity index (χ3n) is 4.32. The van der Waals surface area contributed by atoms with Gasteiger partial charge >= 0.3 is 6.36 Å². The first-order valence-electron chi connectivity index (χ1n) is 8.96. The van der Waals surface area contributed by atoms with Crippen LogP contribution in [0.1, 0.15) is 37.9 Å². The molecule has 0 aliphatic heterocycles. The van der Waals surface area contributed by atoms with E-state index < -0.39 is 6.36 Å². The van der Waals surface area contributed by atoms with Gasteiger partial charge in [-0.25, -0.2) is 0 Å². The Hall–Kier alpha value is -2.69. The molecule has 0 heterocycles. The quantitative estimate of drug-likeness (QED) is 0.441.